The largest absolute Gasteiger partial charge is 0.481 e. The van der Waals surface area contributed by atoms with Crippen LogP contribution in [0.4, 0.5) is 0 Å². The van der Waals surface area contributed by atoms with Gasteiger partial charge in [-0.2, -0.15) is 0 Å². The lowest BCUT2D eigenvalue weighted by Gasteiger charge is -2.27. The highest BCUT2D eigenvalue weighted by molar-refractivity contribution is 5.91. The Morgan fingerprint density at radius 1 is 0.950 bits per heavy atom. The van der Waals surface area contributed by atoms with Crippen LogP contribution >= 0.6 is 0 Å². The SMILES string of the molecule is CC1(C)[C@H](C(=O)O)[C@@H]1C(=O)NC1CCC(C(=O)O)CC1. The van der Waals surface area contributed by atoms with Gasteiger partial charge in [-0.1, -0.05) is 13.8 Å². The molecule has 0 radical (unpaired) electrons. The van der Waals surface area contributed by atoms with E-state index in [1.165, 1.54) is 0 Å². The van der Waals surface area contributed by atoms with Gasteiger partial charge in [-0.15, -0.1) is 0 Å². The van der Waals surface area contributed by atoms with Crippen molar-refractivity contribution in [2.75, 3.05) is 0 Å². The zero-order valence-electron chi connectivity index (χ0n) is 11.8. The summed E-state index contributed by atoms with van der Waals surface area (Å²) in [5.74, 6) is -3.31. The van der Waals surface area contributed by atoms with Crippen molar-refractivity contribution in [3.05, 3.63) is 0 Å². The quantitative estimate of drug-likeness (QED) is 0.717. The van der Waals surface area contributed by atoms with E-state index >= 15 is 0 Å². The molecule has 0 unspecified atom stereocenters. The zero-order valence-corrected chi connectivity index (χ0v) is 11.8. The number of hydrogen-bond acceptors (Lipinski definition) is 3. The Bertz CT molecular complexity index is 437. The second kappa shape index (κ2) is 5.07. The maximum Gasteiger partial charge on any atom is 0.307 e. The van der Waals surface area contributed by atoms with Gasteiger partial charge in [0.15, 0.2) is 0 Å². The van der Waals surface area contributed by atoms with Crippen LogP contribution in [-0.2, 0) is 14.4 Å². The predicted molar refractivity (Wildman–Crippen MR) is 69.9 cm³/mol. The van der Waals surface area contributed by atoms with Gasteiger partial charge in [0, 0.05) is 6.04 Å². The highest BCUT2D eigenvalue weighted by atomic mass is 16.4. The van der Waals surface area contributed by atoms with Crippen molar-refractivity contribution in [1.29, 1.82) is 0 Å². The second-order valence-electron chi connectivity index (χ2n) is 6.51. The molecular weight excluding hydrogens is 262 g/mol. The van der Waals surface area contributed by atoms with Crippen molar-refractivity contribution in [1.82, 2.24) is 5.32 Å². The van der Waals surface area contributed by atoms with E-state index in [4.69, 9.17) is 10.2 Å². The Labute approximate surface area is 117 Å². The molecule has 2 fully saturated rings. The fourth-order valence-corrected chi connectivity index (χ4v) is 3.36. The zero-order chi connectivity index (χ0) is 15.1. The van der Waals surface area contributed by atoms with Gasteiger partial charge in [-0.25, -0.2) is 0 Å². The molecule has 2 aliphatic carbocycles. The van der Waals surface area contributed by atoms with Gasteiger partial charge in [0.05, 0.1) is 17.8 Å². The number of carboxylic acids is 2. The molecule has 112 valence electrons. The van der Waals surface area contributed by atoms with Crippen LogP contribution in [0.5, 0.6) is 0 Å². The van der Waals surface area contributed by atoms with E-state index in [2.05, 4.69) is 5.32 Å². The third kappa shape index (κ3) is 2.64. The molecule has 2 aliphatic rings. The summed E-state index contributed by atoms with van der Waals surface area (Å²) in [5, 5.41) is 20.9. The van der Waals surface area contributed by atoms with Gasteiger partial charge in [-0.3, -0.25) is 14.4 Å². The molecule has 0 saturated heterocycles. The number of nitrogens with one attached hydrogen (secondary N) is 1. The number of aliphatic carboxylic acids is 2. The first-order valence-electron chi connectivity index (χ1n) is 7.01. The van der Waals surface area contributed by atoms with Crippen LogP contribution in [0.3, 0.4) is 0 Å². The molecule has 2 atom stereocenters. The minimum absolute atomic E-state index is 0.0241. The fraction of sp³-hybridized carbons (Fsp3) is 0.786. The van der Waals surface area contributed by atoms with Crippen molar-refractivity contribution in [3.8, 4) is 0 Å². The third-order valence-corrected chi connectivity index (χ3v) is 4.80. The highest BCUT2D eigenvalue weighted by Crippen LogP contribution is 2.58. The molecule has 6 nitrogen and oxygen atoms in total. The van der Waals surface area contributed by atoms with E-state index < -0.39 is 29.2 Å². The summed E-state index contributed by atoms with van der Waals surface area (Å²) in [6, 6.07) is -0.0241. The molecule has 0 aliphatic heterocycles. The summed E-state index contributed by atoms with van der Waals surface area (Å²) in [4.78, 5) is 34.0. The summed E-state index contributed by atoms with van der Waals surface area (Å²) in [6.45, 7) is 3.58. The Kier molecular flexibility index (Phi) is 3.75. The number of rotatable bonds is 4. The molecule has 2 saturated carbocycles. The minimum Gasteiger partial charge on any atom is -0.481 e. The van der Waals surface area contributed by atoms with Crippen LogP contribution in [0.15, 0.2) is 0 Å². The van der Waals surface area contributed by atoms with Crippen molar-refractivity contribution in [2.24, 2.45) is 23.2 Å². The standard InChI is InChI=1S/C14H21NO5/c1-14(2)9(10(14)13(19)20)11(16)15-8-5-3-7(4-6-8)12(17)18/h7-10H,3-6H2,1-2H3,(H,15,16)(H,17,18)(H,19,20)/t7?,8?,9-,10+/m1/s1. The Balaban J connectivity index is 1.85. The number of carboxylic acid groups (broad SMARTS) is 2. The number of carbonyl (C=O) groups is 3. The topological polar surface area (TPSA) is 104 Å². The molecule has 0 heterocycles. The van der Waals surface area contributed by atoms with Gasteiger partial charge in [0.1, 0.15) is 0 Å². The lowest BCUT2D eigenvalue weighted by atomic mass is 9.86. The molecular formula is C14H21NO5. The maximum atomic E-state index is 12.1. The van der Waals surface area contributed by atoms with Gasteiger partial charge in [0.25, 0.3) is 0 Å². The van der Waals surface area contributed by atoms with Gasteiger partial charge >= 0.3 is 11.9 Å². The molecule has 3 N–H and O–H groups in total. The molecule has 2 rings (SSSR count). The fourth-order valence-electron chi connectivity index (χ4n) is 3.36. The first kappa shape index (κ1) is 14.8. The summed E-state index contributed by atoms with van der Waals surface area (Å²) in [7, 11) is 0. The van der Waals surface area contributed by atoms with Crippen molar-refractivity contribution in [2.45, 2.75) is 45.6 Å². The molecule has 0 bridgehead atoms. The van der Waals surface area contributed by atoms with E-state index in [9.17, 15) is 14.4 Å². The summed E-state index contributed by atoms with van der Waals surface area (Å²) < 4.78 is 0. The number of carbonyl (C=O) groups excluding carboxylic acids is 1. The van der Waals surface area contributed by atoms with Crippen LogP contribution in [0.25, 0.3) is 0 Å². The average molecular weight is 283 g/mol. The number of hydrogen-bond donors (Lipinski definition) is 3. The van der Waals surface area contributed by atoms with Gasteiger partial charge in [-0.05, 0) is 31.1 Å². The van der Waals surface area contributed by atoms with E-state index in [1.807, 2.05) is 0 Å². The second-order valence-corrected chi connectivity index (χ2v) is 6.51. The normalized spacial score (nSPS) is 35.1. The third-order valence-electron chi connectivity index (χ3n) is 4.80. The molecule has 0 spiro atoms. The Morgan fingerprint density at radius 2 is 1.50 bits per heavy atom. The molecule has 20 heavy (non-hydrogen) atoms. The van der Waals surface area contributed by atoms with Crippen molar-refractivity contribution < 1.29 is 24.6 Å². The monoisotopic (exact) mass is 283 g/mol. The van der Waals surface area contributed by atoms with Crippen LogP contribution in [0, 0.1) is 23.2 Å². The van der Waals surface area contributed by atoms with Crippen LogP contribution in [0.1, 0.15) is 39.5 Å². The van der Waals surface area contributed by atoms with Crippen LogP contribution in [0.2, 0.25) is 0 Å². The average Bonchev–Trinajstić information content (AvgIpc) is 2.93. The van der Waals surface area contributed by atoms with E-state index in [0.717, 1.165) is 0 Å². The van der Waals surface area contributed by atoms with E-state index in [0.29, 0.717) is 25.7 Å². The molecule has 0 aromatic rings. The molecule has 0 aromatic heterocycles. The van der Waals surface area contributed by atoms with Gasteiger partial charge in [0.2, 0.25) is 5.91 Å². The highest BCUT2D eigenvalue weighted by Gasteiger charge is 2.66. The van der Waals surface area contributed by atoms with Crippen molar-refractivity contribution in [3.63, 3.8) is 0 Å². The Hall–Kier alpha value is -1.59. The molecule has 0 aromatic carbocycles. The summed E-state index contributed by atoms with van der Waals surface area (Å²) in [6.07, 6.45) is 2.43. The maximum absolute atomic E-state index is 12.1. The van der Waals surface area contributed by atoms with Crippen LogP contribution < -0.4 is 5.32 Å². The lowest BCUT2D eigenvalue weighted by molar-refractivity contribution is -0.143. The minimum atomic E-state index is -0.926. The Morgan fingerprint density at radius 3 is 1.90 bits per heavy atom. The number of amides is 1. The first-order valence-corrected chi connectivity index (χ1v) is 7.01. The van der Waals surface area contributed by atoms with E-state index in [-0.39, 0.29) is 17.9 Å². The first-order chi connectivity index (χ1) is 9.25. The smallest absolute Gasteiger partial charge is 0.307 e. The van der Waals surface area contributed by atoms with E-state index in [1.54, 1.807) is 13.8 Å². The molecule has 6 heteroatoms. The summed E-state index contributed by atoms with van der Waals surface area (Å²) in [5.41, 5.74) is -0.492. The predicted octanol–water partition coefficient (Wildman–Crippen LogP) is 1.10. The van der Waals surface area contributed by atoms with Crippen LogP contribution in [-0.4, -0.2) is 34.1 Å². The molecule has 1 amide bonds. The van der Waals surface area contributed by atoms with Gasteiger partial charge < -0.3 is 15.5 Å². The van der Waals surface area contributed by atoms with Crippen molar-refractivity contribution >= 4 is 17.8 Å². The summed E-state index contributed by atoms with van der Waals surface area (Å²) >= 11 is 0. The lowest BCUT2D eigenvalue weighted by Crippen LogP contribution is -2.40.